The Balaban J connectivity index is 2.40. The average Bonchev–Trinajstić information content (AvgIpc) is 2.30. The zero-order valence-corrected chi connectivity index (χ0v) is 11.2. The first kappa shape index (κ1) is 12.3. The Bertz CT molecular complexity index is 372. The third-order valence-corrected chi connectivity index (χ3v) is 4.47. The van der Waals surface area contributed by atoms with Crippen molar-refractivity contribution in [2.45, 2.75) is 42.5 Å². The molecule has 0 aromatic heterocycles. The molecular formula is C13H18ClNS. The Hall–Kier alpha value is -0.180. The van der Waals surface area contributed by atoms with Crippen molar-refractivity contribution in [3.05, 3.63) is 28.8 Å². The van der Waals surface area contributed by atoms with Crippen molar-refractivity contribution in [1.82, 2.24) is 0 Å². The maximum Gasteiger partial charge on any atom is 0.0421 e. The minimum Gasteiger partial charge on any atom is -0.321 e. The van der Waals surface area contributed by atoms with Crippen LogP contribution in [0.4, 0.5) is 0 Å². The van der Waals surface area contributed by atoms with Crippen LogP contribution in [-0.4, -0.2) is 6.26 Å². The first-order valence-electron chi connectivity index (χ1n) is 5.79. The summed E-state index contributed by atoms with van der Waals surface area (Å²) in [5, 5.41) is 0.795. The van der Waals surface area contributed by atoms with Crippen molar-refractivity contribution in [2.75, 3.05) is 6.26 Å². The number of thioether (sulfide) groups is 1. The van der Waals surface area contributed by atoms with E-state index in [1.165, 1.54) is 29.7 Å². The normalized spacial score (nSPS) is 19.7. The molecular weight excluding hydrogens is 238 g/mol. The van der Waals surface area contributed by atoms with Gasteiger partial charge in [-0.25, -0.2) is 0 Å². The predicted octanol–water partition coefficient (Wildman–Crippen LogP) is 4.18. The van der Waals surface area contributed by atoms with Crippen molar-refractivity contribution < 1.29 is 0 Å². The van der Waals surface area contributed by atoms with Gasteiger partial charge in [0, 0.05) is 15.5 Å². The van der Waals surface area contributed by atoms with Crippen molar-refractivity contribution in [1.29, 1.82) is 0 Å². The topological polar surface area (TPSA) is 26.0 Å². The van der Waals surface area contributed by atoms with E-state index in [4.69, 9.17) is 17.3 Å². The summed E-state index contributed by atoms with van der Waals surface area (Å²) in [5.74, 6) is 0. The van der Waals surface area contributed by atoms with E-state index in [1.807, 2.05) is 6.07 Å². The molecule has 0 saturated heterocycles. The number of nitrogens with two attached hydrogens (primary N) is 1. The summed E-state index contributed by atoms with van der Waals surface area (Å²) < 4.78 is 0. The van der Waals surface area contributed by atoms with Gasteiger partial charge in [0.15, 0.2) is 0 Å². The molecule has 0 aliphatic heterocycles. The van der Waals surface area contributed by atoms with E-state index >= 15 is 0 Å². The Morgan fingerprint density at radius 3 is 2.56 bits per heavy atom. The summed E-state index contributed by atoms with van der Waals surface area (Å²) >= 11 is 7.85. The van der Waals surface area contributed by atoms with E-state index in [0.717, 1.165) is 17.9 Å². The molecule has 2 N–H and O–H groups in total. The van der Waals surface area contributed by atoms with Crippen LogP contribution in [0, 0.1) is 0 Å². The second-order valence-electron chi connectivity index (χ2n) is 4.56. The van der Waals surface area contributed by atoms with Crippen LogP contribution in [-0.2, 0) is 5.54 Å². The molecule has 1 aliphatic rings. The fourth-order valence-corrected chi connectivity index (χ4v) is 3.38. The number of benzene rings is 1. The lowest BCUT2D eigenvalue weighted by Gasteiger charge is -2.35. The average molecular weight is 256 g/mol. The molecule has 2 rings (SSSR count). The van der Waals surface area contributed by atoms with Gasteiger partial charge in [0.2, 0.25) is 0 Å². The molecule has 0 radical (unpaired) electrons. The molecule has 3 heteroatoms. The standard InChI is InChI=1S/C13H18ClNS/c1-16-12-6-5-10(14)9-11(12)13(15)7-3-2-4-8-13/h5-6,9H,2-4,7-8,15H2,1H3. The van der Waals surface area contributed by atoms with E-state index in [1.54, 1.807) is 11.8 Å². The van der Waals surface area contributed by atoms with E-state index in [0.29, 0.717) is 0 Å². The number of rotatable bonds is 2. The third kappa shape index (κ3) is 2.39. The molecule has 0 unspecified atom stereocenters. The van der Waals surface area contributed by atoms with Crippen molar-refractivity contribution in [2.24, 2.45) is 5.73 Å². The molecule has 1 aromatic carbocycles. The summed E-state index contributed by atoms with van der Waals surface area (Å²) in [5.41, 5.74) is 7.65. The summed E-state index contributed by atoms with van der Waals surface area (Å²) in [4.78, 5) is 1.27. The third-order valence-electron chi connectivity index (χ3n) is 3.44. The Kier molecular flexibility index (Phi) is 3.83. The van der Waals surface area contributed by atoms with Crippen molar-refractivity contribution in [3.63, 3.8) is 0 Å². The van der Waals surface area contributed by atoms with Gasteiger partial charge in [-0.05, 0) is 42.9 Å². The maximum atomic E-state index is 6.55. The maximum absolute atomic E-state index is 6.55. The molecule has 0 amide bonds. The van der Waals surface area contributed by atoms with Gasteiger partial charge in [-0.1, -0.05) is 30.9 Å². The van der Waals surface area contributed by atoms with Gasteiger partial charge in [-0.2, -0.15) is 0 Å². The smallest absolute Gasteiger partial charge is 0.0421 e. The zero-order chi connectivity index (χ0) is 11.6. The molecule has 0 heterocycles. The van der Waals surface area contributed by atoms with E-state index in [9.17, 15) is 0 Å². The van der Waals surface area contributed by atoms with Crippen LogP contribution in [0.1, 0.15) is 37.7 Å². The summed E-state index contributed by atoms with van der Waals surface area (Å²) in [7, 11) is 0. The van der Waals surface area contributed by atoms with E-state index in [2.05, 4.69) is 18.4 Å². The first-order chi connectivity index (χ1) is 7.65. The predicted molar refractivity (Wildman–Crippen MR) is 72.2 cm³/mol. The highest BCUT2D eigenvalue weighted by Gasteiger charge is 2.31. The van der Waals surface area contributed by atoms with Crippen LogP contribution in [0.25, 0.3) is 0 Å². The molecule has 1 aromatic rings. The molecule has 1 nitrogen and oxygen atoms in total. The SMILES string of the molecule is CSc1ccc(Cl)cc1C1(N)CCCCC1. The highest BCUT2D eigenvalue weighted by atomic mass is 35.5. The second kappa shape index (κ2) is 4.99. The monoisotopic (exact) mass is 255 g/mol. The van der Waals surface area contributed by atoms with Crippen molar-refractivity contribution >= 4 is 23.4 Å². The van der Waals surface area contributed by atoms with Crippen LogP contribution in [0.3, 0.4) is 0 Å². The molecule has 0 spiro atoms. The van der Waals surface area contributed by atoms with Crippen LogP contribution in [0.5, 0.6) is 0 Å². The van der Waals surface area contributed by atoms with Crippen LogP contribution in [0.15, 0.2) is 23.1 Å². The number of halogens is 1. The minimum atomic E-state index is -0.151. The van der Waals surface area contributed by atoms with Crippen LogP contribution in [0.2, 0.25) is 5.02 Å². The zero-order valence-electron chi connectivity index (χ0n) is 9.63. The Labute approximate surface area is 107 Å². The van der Waals surface area contributed by atoms with Gasteiger partial charge in [0.25, 0.3) is 0 Å². The van der Waals surface area contributed by atoms with Gasteiger partial charge in [-0.15, -0.1) is 11.8 Å². The number of hydrogen-bond donors (Lipinski definition) is 1. The van der Waals surface area contributed by atoms with Crippen LogP contribution < -0.4 is 5.73 Å². The molecule has 0 bridgehead atoms. The van der Waals surface area contributed by atoms with Gasteiger partial charge in [0.1, 0.15) is 0 Å². The van der Waals surface area contributed by atoms with E-state index < -0.39 is 0 Å². The van der Waals surface area contributed by atoms with Crippen molar-refractivity contribution in [3.8, 4) is 0 Å². The van der Waals surface area contributed by atoms with Gasteiger partial charge in [-0.3, -0.25) is 0 Å². The fraction of sp³-hybridized carbons (Fsp3) is 0.538. The minimum absolute atomic E-state index is 0.151. The number of hydrogen-bond acceptors (Lipinski definition) is 2. The molecule has 16 heavy (non-hydrogen) atoms. The lowest BCUT2D eigenvalue weighted by Crippen LogP contribution is -2.39. The molecule has 1 aliphatic carbocycles. The summed E-state index contributed by atoms with van der Waals surface area (Å²) in [6, 6.07) is 6.09. The summed E-state index contributed by atoms with van der Waals surface area (Å²) in [6.07, 6.45) is 8.04. The molecule has 0 atom stereocenters. The molecule has 88 valence electrons. The Morgan fingerprint density at radius 2 is 1.94 bits per heavy atom. The molecule has 1 saturated carbocycles. The second-order valence-corrected chi connectivity index (χ2v) is 5.85. The van der Waals surface area contributed by atoms with Crippen LogP contribution >= 0.6 is 23.4 Å². The lowest BCUT2D eigenvalue weighted by molar-refractivity contribution is 0.298. The first-order valence-corrected chi connectivity index (χ1v) is 7.39. The molecule has 1 fully saturated rings. The lowest BCUT2D eigenvalue weighted by atomic mass is 9.77. The fourth-order valence-electron chi connectivity index (χ4n) is 2.52. The van der Waals surface area contributed by atoms with Gasteiger partial charge < -0.3 is 5.73 Å². The quantitative estimate of drug-likeness (QED) is 0.803. The Morgan fingerprint density at radius 1 is 1.25 bits per heavy atom. The largest absolute Gasteiger partial charge is 0.321 e. The highest BCUT2D eigenvalue weighted by Crippen LogP contribution is 2.39. The summed E-state index contributed by atoms with van der Waals surface area (Å²) in [6.45, 7) is 0. The highest BCUT2D eigenvalue weighted by molar-refractivity contribution is 7.98. The van der Waals surface area contributed by atoms with E-state index in [-0.39, 0.29) is 5.54 Å². The van der Waals surface area contributed by atoms with Gasteiger partial charge in [0.05, 0.1) is 0 Å². The van der Waals surface area contributed by atoms with Gasteiger partial charge >= 0.3 is 0 Å².